The highest BCUT2D eigenvalue weighted by molar-refractivity contribution is 4.69. The second kappa shape index (κ2) is 8.71. The van der Waals surface area contributed by atoms with Crippen LogP contribution in [0.15, 0.2) is 0 Å². The first-order valence-electron chi connectivity index (χ1n) is 5.39. The van der Waals surface area contributed by atoms with E-state index in [1.54, 1.807) is 6.92 Å². The molecule has 0 aliphatic rings. The van der Waals surface area contributed by atoms with Crippen LogP contribution >= 0.6 is 0 Å². The largest absolute Gasteiger partial charge is 0.390 e. The number of halogens is 2. The highest BCUT2D eigenvalue weighted by Crippen LogP contribution is 2.09. The van der Waals surface area contributed by atoms with Crippen molar-refractivity contribution in [2.45, 2.75) is 25.1 Å². The van der Waals surface area contributed by atoms with Crippen molar-refractivity contribution < 1.29 is 28.5 Å². The van der Waals surface area contributed by atoms with Gasteiger partial charge in [-0.3, -0.25) is 0 Å². The minimum absolute atomic E-state index is 0.0186. The highest BCUT2D eigenvalue weighted by atomic mass is 19.3. The summed E-state index contributed by atoms with van der Waals surface area (Å²) in [5, 5.41) is 20.1. The molecule has 104 valence electrons. The summed E-state index contributed by atoms with van der Waals surface area (Å²) < 4.78 is 35.2. The normalized spacial score (nSPS) is 15.9. The van der Waals surface area contributed by atoms with E-state index < -0.39 is 25.2 Å². The number of aliphatic hydroxyl groups excluding tert-OH is 2. The lowest BCUT2D eigenvalue weighted by atomic mass is 10.3. The predicted octanol–water partition coefficient (Wildman–Crippen LogP) is -0.384. The summed E-state index contributed by atoms with van der Waals surface area (Å²) >= 11 is 0. The molecule has 2 atom stereocenters. The first-order valence-corrected chi connectivity index (χ1v) is 5.39. The van der Waals surface area contributed by atoms with Gasteiger partial charge in [0.15, 0.2) is 0 Å². The zero-order chi connectivity index (χ0) is 13.3. The fourth-order valence-electron chi connectivity index (χ4n) is 1.09. The zero-order valence-corrected chi connectivity index (χ0v) is 10.2. The number of hydrogen-bond acceptors (Lipinski definition) is 5. The Morgan fingerprint density at radius 2 is 2.00 bits per heavy atom. The molecule has 2 unspecified atom stereocenters. The molecule has 0 spiro atoms. The van der Waals surface area contributed by atoms with Crippen LogP contribution in [0.25, 0.3) is 0 Å². The molecule has 0 saturated heterocycles. The molecule has 0 aromatic heterocycles. The van der Waals surface area contributed by atoms with Crippen LogP contribution in [0.2, 0.25) is 0 Å². The van der Waals surface area contributed by atoms with Crippen LogP contribution in [0.1, 0.15) is 6.92 Å². The molecule has 0 amide bonds. The van der Waals surface area contributed by atoms with E-state index in [0.29, 0.717) is 6.61 Å². The Labute approximate surface area is 99.7 Å². The van der Waals surface area contributed by atoms with Gasteiger partial charge in [-0.05, 0) is 6.92 Å². The van der Waals surface area contributed by atoms with Crippen molar-refractivity contribution in [3.63, 3.8) is 0 Å². The molecule has 0 fully saturated rings. The number of alkyl halides is 2. The van der Waals surface area contributed by atoms with Gasteiger partial charge in [0.2, 0.25) is 0 Å². The summed E-state index contributed by atoms with van der Waals surface area (Å²) in [4.78, 5) is 0. The van der Waals surface area contributed by atoms with Gasteiger partial charge in [-0.15, -0.1) is 0 Å². The molecule has 17 heavy (non-hydrogen) atoms. The Balaban J connectivity index is 3.56. The summed E-state index contributed by atoms with van der Waals surface area (Å²) in [6.07, 6.45) is -1.03. The van der Waals surface area contributed by atoms with Crippen LogP contribution in [-0.2, 0) is 9.47 Å². The second-order valence-corrected chi connectivity index (χ2v) is 3.90. The lowest BCUT2D eigenvalue weighted by molar-refractivity contribution is -0.0540. The predicted molar refractivity (Wildman–Crippen MR) is 58.2 cm³/mol. The lowest BCUT2D eigenvalue weighted by Gasteiger charge is -2.18. The van der Waals surface area contributed by atoms with Crippen molar-refractivity contribution >= 4 is 0 Å². The van der Waals surface area contributed by atoms with Crippen LogP contribution < -0.4 is 5.32 Å². The SMILES string of the molecule is COCC(C)OCC(O)CNCC(F)(F)CO. The van der Waals surface area contributed by atoms with Gasteiger partial charge < -0.3 is 25.0 Å². The minimum Gasteiger partial charge on any atom is -0.390 e. The monoisotopic (exact) mass is 257 g/mol. The third kappa shape index (κ3) is 9.37. The minimum atomic E-state index is -3.16. The van der Waals surface area contributed by atoms with E-state index in [-0.39, 0.29) is 19.3 Å². The summed E-state index contributed by atoms with van der Waals surface area (Å²) in [5.41, 5.74) is 0. The fraction of sp³-hybridized carbons (Fsp3) is 1.00. The van der Waals surface area contributed by atoms with Gasteiger partial charge in [0, 0.05) is 13.7 Å². The molecular weight excluding hydrogens is 236 g/mol. The summed E-state index contributed by atoms with van der Waals surface area (Å²) in [5.74, 6) is -3.16. The Bertz CT molecular complexity index is 195. The molecule has 5 nitrogen and oxygen atoms in total. The fourth-order valence-corrected chi connectivity index (χ4v) is 1.09. The molecule has 0 bridgehead atoms. The van der Waals surface area contributed by atoms with Crippen molar-refractivity contribution in [1.82, 2.24) is 5.32 Å². The number of nitrogens with one attached hydrogen (secondary N) is 1. The van der Waals surface area contributed by atoms with E-state index in [2.05, 4.69) is 5.32 Å². The molecule has 0 heterocycles. The van der Waals surface area contributed by atoms with Crippen LogP contribution in [-0.4, -0.2) is 68.4 Å². The summed E-state index contributed by atoms with van der Waals surface area (Å²) in [6, 6.07) is 0. The van der Waals surface area contributed by atoms with E-state index in [0.717, 1.165) is 0 Å². The van der Waals surface area contributed by atoms with Crippen LogP contribution in [0.3, 0.4) is 0 Å². The third-order valence-electron chi connectivity index (χ3n) is 1.97. The summed E-state index contributed by atoms with van der Waals surface area (Å²) in [6.45, 7) is 0.329. The molecule has 0 aromatic carbocycles. The second-order valence-electron chi connectivity index (χ2n) is 3.90. The third-order valence-corrected chi connectivity index (χ3v) is 1.97. The van der Waals surface area contributed by atoms with E-state index in [9.17, 15) is 13.9 Å². The Hall–Kier alpha value is -0.340. The van der Waals surface area contributed by atoms with Gasteiger partial charge >= 0.3 is 0 Å². The topological polar surface area (TPSA) is 71.0 Å². The van der Waals surface area contributed by atoms with Crippen molar-refractivity contribution in [3.05, 3.63) is 0 Å². The van der Waals surface area contributed by atoms with E-state index >= 15 is 0 Å². The Morgan fingerprint density at radius 1 is 1.35 bits per heavy atom. The van der Waals surface area contributed by atoms with Gasteiger partial charge in [-0.25, -0.2) is 8.78 Å². The molecule has 0 aliphatic heterocycles. The zero-order valence-electron chi connectivity index (χ0n) is 10.2. The maximum Gasteiger partial charge on any atom is 0.282 e. The van der Waals surface area contributed by atoms with Gasteiger partial charge in [0.05, 0.1) is 32.0 Å². The van der Waals surface area contributed by atoms with Crippen LogP contribution in [0.5, 0.6) is 0 Å². The maximum atomic E-state index is 12.6. The summed E-state index contributed by atoms with van der Waals surface area (Å²) in [7, 11) is 1.54. The quantitative estimate of drug-likeness (QED) is 0.497. The average molecular weight is 257 g/mol. The van der Waals surface area contributed by atoms with Crippen LogP contribution in [0.4, 0.5) is 8.78 Å². The van der Waals surface area contributed by atoms with Crippen molar-refractivity contribution in [1.29, 1.82) is 0 Å². The number of hydrogen-bond donors (Lipinski definition) is 3. The van der Waals surface area contributed by atoms with Crippen molar-refractivity contribution in [2.24, 2.45) is 0 Å². The van der Waals surface area contributed by atoms with E-state index in [1.807, 2.05) is 0 Å². The molecule has 0 saturated carbocycles. The molecular formula is C10H21F2NO4. The molecule has 0 rings (SSSR count). The first kappa shape index (κ1) is 16.7. The molecule has 0 aliphatic carbocycles. The Kier molecular flexibility index (Phi) is 8.53. The van der Waals surface area contributed by atoms with E-state index in [1.165, 1.54) is 7.11 Å². The molecule has 0 aromatic rings. The average Bonchev–Trinajstić information content (AvgIpc) is 2.26. The standard InChI is InChI=1S/C10H21F2NO4/c1-8(4-16-2)17-5-9(15)3-13-6-10(11,12)7-14/h8-9,13-15H,3-7H2,1-2H3. The van der Waals surface area contributed by atoms with Gasteiger partial charge in [0.1, 0.15) is 6.61 Å². The molecule has 7 heteroatoms. The van der Waals surface area contributed by atoms with Gasteiger partial charge in [0.25, 0.3) is 5.92 Å². The Morgan fingerprint density at radius 3 is 2.53 bits per heavy atom. The highest BCUT2D eigenvalue weighted by Gasteiger charge is 2.27. The lowest BCUT2D eigenvalue weighted by Crippen LogP contribution is -2.40. The van der Waals surface area contributed by atoms with Gasteiger partial charge in [-0.1, -0.05) is 0 Å². The van der Waals surface area contributed by atoms with Crippen molar-refractivity contribution in [2.75, 3.05) is 40.0 Å². The first-order chi connectivity index (χ1) is 7.91. The number of rotatable bonds is 10. The van der Waals surface area contributed by atoms with Gasteiger partial charge in [-0.2, -0.15) is 0 Å². The van der Waals surface area contributed by atoms with E-state index in [4.69, 9.17) is 14.6 Å². The number of ether oxygens (including phenoxy) is 2. The molecule has 3 N–H and O–H groups in total. The maximum absolute atomic E-state index is 12.6. The van der Waals surface area contributed by atoms with Crippen LogP contribution in [0, 0.1) is 0 Å². The smallest absolute Gasteiger partial charge is 0.282 e. The van der Waals surface area contributed by atoms with Crippen molar-refractivity contribution in [3.8, 4) is 0 Å². The number of aliphatic hydroxyl groups is 2. The molecule has 0 radical (unpaired) electrons. The number of methoxy groups -OCH3 is 1.